The van der Waals surface area contributed by atoms with Gasteiger partial charge in [-0.15, -0.1) is 0 Å². The summed E-state index contributed by atoms with van der Waals surface area (Å²) >= 11 is 3.52. The lowest BCUT2D eigenvalue weighted by atomic mass is 9.84. The van der Waals surface area contributed by atoms with Gasteiger partial charge in [-0.25, -0.2) is 0 Å². The van der Waals surface area contributed by atoms with E-state index in [0.29, 0.717) is 13.1 Å². The Balaban J connectivity index is 2.07. The molecule has 0 radical (unpaired) electrons. The van der Waals surface area contributed by atoms with Gasteiger partial charge in [-0.3, -0.25) is 4.79 Å². The predicted octanol–water partition coefficient (Wildman–Crippen LogP) is 4.11. The van der Waals surface area contributed by atoms with E-state index in [0.717, 1.165) is 4.47 Å². The molecule has 1 heterocycles. The number of rotatable bonds is 2. The molecule has 0 saturated carbocycles. The third-order valence-corrected chi connectivity index (χ3v) is 4.43. The van der Waals surface area contributed by atoms with Crippen LogP contribution in [0.1, 0.15) is 22.6 Å². The summed E-state index contributed by atoms with van der Waals surface area (Å²) in [5.74, 6) is 0.202. The van der Waals surface area contributed by atoms with Crippen molar-refractivity contribution in [3.8, 4) is 0 Å². The van der Waals surface area contributed by atoms with Gasteiger partial charge >= 0.3 is 0 Å². The van der Waals surface area contributed by atoms with Crippen molar-refractivity contribution in [2.24, 2.45) is 0 Å². The molecular weight excluding hydrogens is 326 g/mol. The van der Waals surface area contributed by atoms with Crippen LogP contribution >= 0.6 is 15.9 Å². The molecule has 0 spiro atoms. The fourth-order valence-electron chi connectivity index (χ4n) is 2.91. The lowest BCUT2D eigenvalue weighted by Gasteiger charge is -2.34. The molecule has 1 atom stereocenters. The van der Waals surface area contributed by atoms with E-state index in [1.165, 1.54) is 22.8 Å². The zero-order valence-electron chi connectivity index (χ0n) is 11.6. The first-order chi connectivity index (χ1) is 10.2. The Hall–Kier alpha value is -1.87. The minimum absolute atomic E-state index is 0.0124. The van der Waals surface area contributed by atoms with Crippen LogP contribution in [0.25, 0.3) is 0 Å². The molecule has 2 aromatic carbocycles. The van der Waals surface area contributed by atoms with Crippen molar-refractivity contribution in [3.05, 3.63) is 82.3 Å². The van der Waals surface area contributed by atoms with Crippen molar-refractivity contribution in [2.75, 3.05) is 6.54 Å². The molecule has 1 aliphatic rings. The Bertz CT molecular complexity index is 681. The highest BCUT2D eigenvalue weighted by Gasteiger charge is 2.28. The topological polar surface area (TPSA) is 20.3 Å². The minimum Gasteiger partial charge on any atom is -0.334 e. The lowest BCUT2D eigenvalue weighted by Crippen LogP contribution is -2.37. The van der Waals surface area contributed by atoms with Crippen molar-refractivity contribution < 1.29 is 4.79 Å². The van der Waals surface area contributed by atoms with Crippen molar-refractivity contribution in [1.29, 1.82) is 0 Å². The maximum atomic E-state index is 12.0. The minimum atomic E-state index is -0.0124. The van der Waals surface area contributed by atoms with Crippen molar-refractivity contribution in [2.45, 2.75) is 12.5 Å². The van der Waals surface area contributed by atoms with Gasteiger partial charge in [0.2, 0.25) is 5.91 Å². The van der Waals surface area contributed by atoms with Gasteiger partial charge in [0.1, 0.15) is 0 Å². The standard InChI is InChI=1S/C18H16BrNO/c1-2-18(21)20-11-14-10-15(19)8-9-16(14)17(12-20)13-6-4-3-5-7-13/h2-10,17H,1,11-12H2/t17-/m0/s1. The second-order valence-corrected chi connectivity index (χ2v) is 6.14. The van der Waals surface area contributed by atoms with Gasteiger partial charge in [-0.05, 0) is 34.9 Å². The molecule has 21 heavy (non-hydrogen) atoms. The number of nitrogens with zero attached hydrogens (tertiary/aromatic N) is 1. The summed E-state index contributed by atoms with van der Waals surface area (Å²) in [5, 5.41) is 0. The molecule has 3 heteroatoms. The summed E-state index contributed by atoms with van der Waals surface area (Å²) in [7, 11) is 0. The maximum absolute atomic E-state index is 12.0. The Kier molecular flexibility index (Phi) is 3.93. The van der Waals surface area contributed by atoms with Crippen molar-refractivity contribution in [3.63, 3.8) is 0 Å². The molecule has 2 aromatic rings. The predicted molar refractivity (Wildman–Crippen MR) is 88.0 cm³/mol. The summed E-state index contributed by atoms with van der Waals surface area (Å²) in [5.41, 5.74) is 3.74. The molecular formula is C18H16BrNO. The van der Waals surface area contributed by atoms with Crippen molar-refractivity contribution >= 4 is 21.8 Å². The zero-order chi connectivity index (χ0) is 14.8. The number of hydrogen-bond acceptors (Lipinski definition) is 1. The molecule has 106 valence electrons. The summed E-state index contributed by atoms with van der Waals surface area (Å²) in [6.07, 6.45) is 1.39. The van der Waals surface area contributed by atoms with E-state index in [1.54, 1.807) is 0 Å². The molecule has 0 aromatic heterocycles. The van der Waals surface area contributed by atoms with Gasteiger partial charge in [-0.1, -0.05) is 58.9 Å². The largest absolute Gasteiger partial charge is 0.334 e. The van der Waals surface area contributed by atoms with E-state index >= 15 is 0 Å². The first kappa shape index (κ1) is 14.1. The first-order valence-corrected chi connectivity index (χ1v) is 7.73. The molecule has 1 aliphatic heterocycles. The van der Waals surface area contributed by atoms with E-state index in [9.17, 15) is 4.79 Å². The van der Waals surface area contributed by atoms with E-state index in [4.69, 9.17) is 0 Å². The Morgan fingerprint density at radius 2 is 2.00 bits per heavy atom. The number of hydrogen-bond donors (Lipinski definition) is 0. The summed E-state index contributed by atoms with van der Waals surface area (Å²) < 4.78 is 1.04. The van der Waals surface area contributed by atoms with E-state index in [1.807, 2.05) is 23.1 Å². The van der Waals surface area contributed by atoms with Crippen LogP contribution < -0.4 is 0 Å². The molecule has 3 rings (SSSR count). The van der Waals surface area contributed by atoms with Gasteiger partial charge in [0.05, 0.1) is 0 Å². The number of carbonyl (C=O) groups excluding carboxylic acids is 1. The van der Waals surface area contributed by atoms with E-state index in [-0.39, 0.29) is 11.8 Å². The van der Waals surface area contributed by atoms with Crippen LogP contribution in [-0.2, 0) is 11.3 Å². The van der Waals surface area contributed by atoms with Gasteiger partial charge in [0.25, 0.3) is 0 Å². The molecule has 0 aliphatic carbocycles. The Morgan fingerprint density at radius 1 is 1.24 bits per heavy atom. The fourth-order valence-corrected chi connectivity index (χ4v) is 3.32. The van der Waals surface area contributed by atoms with Crippen LogP contribution in [0.5, 0.6) is 0 Å². The fraction of sp³-hybridized carbons (Fsp3) is 0.167. The number of fused-ring (bicyclic) bond motifs is 1. The van der Waals surface area contributed by atoms with Gasteiger partial charge < -0.3 is 4.90 Å². The molecule has 0 fully saturated rings. The molecule has 1 amide bonds. The highest BCUT2D eigenvalue weighted by molar-refractivity contribution is 9.10. The second kappa shape index (κ2) is 5.86. The van der Waals surface area contributed by atoms with Crippen LogP contribution in [0.2, 0.25) is 0 Å². The monoisotopic (exact) mass is 341 g/mol. The lowest BCUT2D eigenvalue weighted by molar-refractivity contribution is -0.127. The molecule has 2 nitrogen and oxygen atoms in total. The third-order valence-electron chi connectivity index (χ3n) is 3.93. The molecule has 0 saturated heterocycles. The van der Waals surface area contributed by atoms with Gasteiger partial charge in [0.15, 0.2) is 0 Å². The number of halogens is 1. The highest BCUT2D eigenvalue weighted by atomic mass is 79.9. The smallest absolute Gasteiger partial charge is 0.246 e. The summed E-state index contributed by atoms with van der Waals surface area (Å²) in [6, 6.07) is 16.7. The summed E-state index contributed by atoms with van der Waals surface area (Å²) in [6.45, 7) is 4.95. The Morgan fingerprint density at radius 3 is 2.71 bits per heavy atom. The molecule has 0 N–H and O–H groups in total. The maximum Gasteiger partial charge on any atom is 0.246 e. The van der Waals surface area contributed by atoms with E-state index < -0.39 is 0 Å². The van der Waals surface area contributed by atoms with Crippen LogP contribution in [0.15, 0.2) is 65.7 Å². The summed E-state index contributed by atoms with van der Waals surface area (Å²) in [4.78, 5) is 13.9. The van der Waals surface area contributed by atoms with Crippen LogP contribution in [-0.4, -0.2) is 17.4 Å². The zero-order valence-corrected chi connectivity index (χ0v) is 13.2. The molecule has 0 bridgehead atoms. The van der Waals surface area contributed by atoms with Crippen LogP contribution in [0.3, 0.4) is 0 Å². The highest BCUT2D eigenvalue weighted by Crippen LogP contribution is 2.34. The SMILES string of the molecule is C=CC(=O)N1Cc2cc(Br)ccc2[C@H](c2ccccc2)C1. The van der Waals surface area contributed by atoms with Crippen LogP contribution in [0, 0.1) is 0 Å². The normalized spacial score (nSPS) is 17.2. The Labute approximate surface area is 133 Å². The number of amides is 1. The quantitative estimate of drug-likeness (QED) is 0.752. The van der Waals surface area contributed by atoms with Gasteiger partial charge in [0, 0.05) is 23.5 Å². The first-order valence-electron chi connectivity index (χ1n) is 6.93. The van der Waals surface area contributed by atoms with Crippen molar-refractivity contribution in [1.82, 2.24) is 4.90 Å². The van der Waals surface area contributed by atoms with Gasteiger partial charge in [-0.2, -0.15) is 0 Å². The van der Waals surface area contributed by atoms with E-state index in [2.05, 4.69) is 52.8 Å². The average molecular weight is 342 g/mol. The third kappa shape index (κ3) is 2.79. The van der Waals surface area contributed by atoms with Crippen LogP contribution in [0.4, 0.5) is 0 Å². The molecule has 0 unspecified atom stereocenters. The second-order valence-electron chi connectivity index (χ2n) is 5.23. The number of benzene rings is 2. The average Bonchev–Trinajstić information content (AvgIpc) is 2.53. The number of carbonyl (C=O) groups is 1.